The summed E-state index contributed by atoms with van der Waals surface area (Å²) in [6, 6.07) is 14.3. The smallest absolute Gasteiger partial charge is 0.289 e. The van der Waals surface area contributed by atoms with Crippen LogP contribution >= 0.6 is 0 Å². The van der Waals surface area contributed by atoms with E-state index in [9.17, 15) is 9.18 Å². The SMILES string of the molecule is O=C(NO)C(Oc1ccccc1F)c1ccccc1. The van der Waals surface area contributed by atoms with Crippen molar-refractivity contribution in [2.24, 2.45) is 0 Å². The first-order chi connectivity index (χ1) is 9.22. The van der Waals surface area contributed by atoms with Crippen LogP contribution in [0.15, 0.2) is 54.6 Å². The van der Waals surface area contributed by atoms with Crippen molar-refractivity contribution in [3.63, 3.8) is 0 Å². The number of carbonyl (C=O) groups is 1. The fourth-order valence-corrected chi connectivity index (χ4v) is 1.63. The van der Waals surface area contributed by atoms with E-state index >= 15 is 0 Å². The topological polar surface area (TPSA) is 58.6 Å². The maximum Gasteiger partial charge on any atom is 0.289 e. The molecule has 0 radical (unpaired) electrons. The Morgan fingerprint density at radius 2 is 1.74 bits per heavy atom. The van der Waals surface area contributed by atoms with Crippen molar-refractivity contribution in [3.8, 4) is 5.75 Å². The fraction of sp³-hybridized carbons (Fsp3) is 0.0714. The number of halogens is 1. The second-order valence-electron chi connectivity index (χ2n) is 3.82. The maximum absolute atomic E-state index is 13.5. The summed E-state index contributed by atoms with van der Waals surface area (Å²) in [6.07, 6.45) is -1.12. The molecule has 19 heavy (non-hydrogen) atoms. The van der Waals surface area contributed by atoms with E-state index in [-0.39, 0.29) is 5.75 Å². The molecule has 0 aliphatic rings. The van der Waals surface area contributed by atoms with Gasteiger partial charge in [0, 0.05) is 5.56 Å². The number of hydrogen-bond acceptors (Lipinski definition) is 3. The molecule has 2 aromatic carbocycles. The lowest BCUT2D eigenvalue weighted by Gasteiger charge is -2.17. The second kappa shape index (κ2) is 5.97. The summed E-state index contributed by atoms with van der Waals surface area (Å²) >= 11 is 0. The summed E-state index contributed by atoms with van der Waals surface area (Å²) in [5, 5.41) is 8.74. The molecule has 0 aliphatic heterocycles. The highest BCUT2D eigenvalue weighted by atomic mass is 19.1. The quantitative estimate of drug-likeness (QED) is 0.656. The normalized spacial score (nSPS) is 11.7. The Hall–Kier alpha value is -2.40. The fourth-order valence-electron chi connectivity index (χ4n) is 1.63. The number of rotatable bonds is 4. The van der Waals surface area contributed by atoms with Crippen molar-refractivity contribution in [2.75, 3.05) is 0 Å². The first kappa shape index (κ1) is 13.0. The number of carbonyl (C=O) groups excluding carboxylic acids is 1. The van der Waals surface area contributed by atoms with Gasteiger partial charge in [-0.05, 0) is 12.1 Å². The van der Waals surface area contributed by atoms with E-state index in [1.54, 1.807) is 36.4 Å². The molecule has 0 aromatic heterocycles. The summed E-state index contributed by atoms with van der Waals surface area (Å²) < 4.78 is 18.9. The summed E-state index contributed by atoms with van der Waals surface area (Å²) in [6.45, 7) is 0. The van der Waals surface area contributed by atoms with Crippen LogP contribution in [0.1, 0.15) is 11.7 Å². The highest BCUT2D eigenvalue weighted by Crippen LogP contribution is 2.24. The van der Waals surface area contributed by atoms with Gasteiger partial charge in [0.05, 0.1) is 0 Å². The molecular weight excluding hydrogens is 249 g/mol. The van der Waals surface area contributed by atoms with Crippen LogP contribution in [0.4, 0.5) is 4.39 Å². The minimum atomic E-state index is -1.12. The minimum Gasteiger partial charge on any atom is -0.473 e. The predicted octanol–water partition coefficient (Wildman–Crippen LogP) is 2.45. The zero-order valence-corrected chi connectivity index (χ0v) is 9.92. The van der Waals surface area contributed by atoms with Crippen LogP contribution in [0, 0.1) is 5.82 Å². The average Bonchev–Trinajstić information content (AvgIpc) is 2.46. The molecule has 1 unspecified atom stereocenters. The van der Waals surface area contributed by atoms with Gasteiger partial charge in [-0.3, -0.25) is 10.0 Å². The summed E-state index contributed by atoms with van der Waals surface area (Å²) in [5.74, 6) is -1.40. The maximum atomic E-state index is 13.5. The molecule has 0 spiro atoms. The second-order valence-corrected chi connectivity index (χ2v) is 3.82. The van der Waals surface area contributed by atoms with Crippen LogP contribution < -0.4 is 10.2 Å². The highest BCUT2D eigenvalue weighted by Gasteiger charge is 2.23. The number of benzene rings is 2. The van der Waals surface area contributed by atoms with Gasteiger partial charge in [0.2, 0.25) is 6.10 Å². The lowest BCUT2D eigenvalue weighted by atomic mass is 10.1. The van der Waals surface area contributed by atoms with Crippen LogP contribution in [0.5, 0.6) is 5.75 Å². The molecular formula is C14H12FNO3. The Kier molecular flexibility index (Phi) is 4.10. The Bertz CT molecular complexity index is 560. The van der Waals surface area contributed by atoms with Crippen molar-refractivity contribution in [1.82, 2.24) is 5.48 Å². The van der Waals surface area contributed by atoms with Crippen LogP contribution in [-0.4, -0.2) is 11.1 Å². The number of para-hydroxylation sites is 1. The van der Waals surface area contributed by atoms with E-state index in [0.29, 0.717) is 5.56 Å². The Balaban J connectivity index is 2.30. The first-order valence-electron chi connectivity index (χ1n) is 5.62. The molecule has 4 nitrogen and oxygen atoms in total. The molecule has 98 valence electrons. The predicted molar refractivity (Wildman–Crippen MR) is 66.1 cm³/mol. The minimum absolute atomic E-state index is 0.0556. The molecule has 0 saturated carbocycles. The Morgan fingerprint density at radius 3 is 2.37 bits per heavy atom. The van der Waals surface area contributed by atoms with Gasteiger partial charge in [-0.15, -0.1) is 0 Å². The summed E-state index contributed by atoms with van der Waals surface area (Å²) in [7, 11) is 0. The zero-order valence-electron chi connectivity index (χ0n) is 9.92. The number of nitrogens with one attached hydrogen (secondary N) is 1. The summed E-state index contributed by atoms with van der Waals surface area (Å²) in [5.41, 5.74) is 2.03. The number of hydrogen-bond donors (Lipinski definition) is 2. The molecule has 1 atom stereocenters. The molecule has 2 N–H and O–H groups in total. The number of ether oxygens (including phenoxy) is 1. The molecule has 2 rings (SSSR count). The van der Waals surface area contributed by atoms with Gasteiger partial charge < -0.3 is 4.74 Å². The molecule has 0 bridgehead atoms. The van der Waals surface area contributed by atoms with Gasteiger partial charge in [0.1, 0.15) is 0 Å². The summed E-state index contributed by atoms with van der Waals surface area (Å²) in [4.78, 5) is 11.6. The van der Waals surface area contributed by atoms with Crippen molar-refractivity contribution in [1.29, 1.82) is 0 Å². The van der Waals surface area contributed by atoms with E-state index in [0.717, 1.165) is 0 Å². The average molecular weight is 261 g/mol. The largest absolute Gasteiger partial charge is 0.473 e. The molecule has 0 saturated heterocycles. The van der Waals surface area contributed by atoms with E-state index in [1.165, 1.54) is 23.7 Å². The number of amides is 1. The molecule has 0 heterocycles. The van der Waals surface area contributed by atoms with Gasteiger partial charge in [0.25, 0.3) is 5.91 Å². The Labute approximate surface area is 109 Å². The van der Waals surface area contributed by atoms with Gasteiger partial charge >= 0.3 is 0 Å². The van der Waals surface area contributed by atoms with E-state index in [4.69, 9.17) is 9.94 Å². The monoisotopic (exact) mass is 261 g/mol. The van der Waals surface area contributed by atoms with Crippen molar-refractivity contribution in [2.45, 2.75) is 6.10 Å². The van der Waals surface area contributed by atoms with E-state index < -0.39 is 17.8 Å². The van der Waals surface area contributed by atoms with Crippen LogP contribution in [0.25, 0.3) is 0 Å². The van der Waals surface area contributed by atoms with E-state index in [1.807, 2.05) is 0 Å². The third-order valence-electron chi connectivity index (χ3n) is 2.53. The molecule has 5 heteroatoms. The standard InChI is InChI=1S/C14H12FNO3/c15-11-8-4-5-9-12(11)19-13(14(17)16-18)10-6-2-1-3-7-10/h1-9,13,18H,(H,16,17). The van der Waals surface area contributed by atoms with Gasteiger partial charge in [0.15, 0.2) is 11.6 Å². The van der Waals surface area contributed by atoms with Crippen LogP contribution in [0.3, 0.4) is 0 Å². The van der Waals surface area contributed by atoms with Gasteiger partial charge in [-0.25, -0.2) is 9.87 Å². The third kappa shape index (κ3) is 3.08. The van der Waals surface area contributed by atoms with Crippen molar-refractivity contribution < 1.29 is 19.1 Å². The number of hydroxylamine groups is 1. The van der Waals surface area contributed by atoms with Crippen molar-refractivity contribution >= 4 is 5.91 Å². The highest BCUT2D eigenvalue weighted by molar-refractivity contribution is 5.81. The molecule has 2 aromatic rings. The molecule has 1 amide bonds. The van der Waals surface area contributed by atoms with Crippen LogP contribution in [-0.2, 0) is 4.79 Å². The first-order valence-corrected chi connectivity index (χ1v) is 5.62. The Morgan fingerprint density at radius 1 is 1.11 bits per heavy atom. The third-order valence-corrected chi connectivity index (χ3v) is 2.53. The van der Waals surface area contributed by atoms with Gasteiger partial charge in [-0.1, -0.05) is 42.5 Å². The van der Waals surface area contributed by atoms with Crippen molar-refractivity contribution in [3.05, 3.63) is 66.0 Å². The molecule has 0 aliphatic carbocycles. The van der Waals surface area contributed by atoms with E-state index in [2.05, 4.69) is 0 Å². The lowest BCUT2D eigenvalue weighted by molar-refractivity contribution is -0.136. The zero-order chi connectivity index (χ0) is 13.7. The van der Waals surface area contributed by atoms with Crippen LogP contribution in [0.2, 0.25) is 0 Å². The molecule has 0 fully saturated rings. The lowest BCUT2D eigenvalue weighted by Crippen LogP contribution is -2.30. The van der Waals surface area contributed by atoms with Gasteiger partial charge in [-0.2, -0.15) is 0 Å².